The Hall–Kier alpha value is -0.200. The van der Waals surface area contributed by atoms with E-state index in [9.17, 15) is 0 Å². The molecule has 4 bridgehead atoms. The molecule has 4 fully saturated rings. The van der Waals surface area contributed by atoms with E-state index in [2.05, 4.69) is 14.7 Å². The lowest BCUT2D eigenvalue weighted by atomic mass is 10.3. The van der Waals surface area contributed by atoms with Crippen LogP contribution in [0.2, 0.25) is 0 Å². The minimum atomic E-state index is 0.315. The summed E-state index contributed by atoms with van der Waals surface area (Å²) in [6.45, 7) is 8.00. The first-order valence-corrected chi connectivity index (χ1v) is 4.93. The van der Waals surface area contributed by atoms with Crippen molar-refractivity contribution >= 4 is 0 Å². The molecule has 0 atom stereocenters. The zero-order valence-corrected chi connectivity index (χ0v) is 7.89. The molecule has 4 saturated heterocycles. The molecular weight excluding hydrogens is 168 g/mol. The minimum Gasteiger partial charge on any atom is -0.391 e. The van der Waals surface area contributed by atoms with E-state index >= 15 is 0 Å². The van der Waals surface area contributed by atoms with Crippen LogP contribution in [0.3, 0.4) is 0 Å². The molecule has 0 amide bonds. The van der Waals surface area contributed by atoms with Gasteiger partial charge in [0.1, 0.15) is 26.6 Å². The molecule has 0 aromatic heterocycles. The van der Waals surface area contributed by atoms with E-state index in [1.165, 1.54) is 0 Å². The van der Waals surface area contributed by atoms with Crippen molar-refractivity contribution in [2.75, 3.05) is 53.2 Å². The van der Waals surface area contributed by atoms with Crippen molar-refractivity contribution in [3.05, 3.63) is 0 Å². The lowest BCUT2D eigenvalue weighted by molar-refractivity contribution is -0.980. The second kappa shape index (κ2) is 2.65. The summed E-state index contributed by atoms with van der Waals surface area (Å²) in [6.07, 6.45) is 0. The smallest absolute Gasteiger partial charge is 0.139 e. The maximum Gasteiger partial charge on any atom is 0.139 e. The molecule has 0 spiro atoms. The lowest BCUT2D eigenvalue weighted by Crippen LogP contribution is -2.79. The van der Waals surface area contributed by atoms with Gasteiger partial charge in [0.25, 0.3) is 0 Å². The second-order valence-electron chi connectivity index (χ2n) is 4.65. The molecule has 5 heteroatoms. The van der Waals surface area contributed by atoms with Crippen LogP contribution >= 0.6 is 0 Å². The van der Waals surface area contributed by atoms with Crippen molar-refractivity contribution in [3.63, 3.8) is 0 Å². The summed E-state index contributed by atoms with van der Waals surface area (Å²) in [6, 6.07) is 0. The third-order valence-corrected chi connectivity index (χ3v) is 3.27. The van der Waals surface area contributed by atoms with Gasteiger partial charge in [-0.15, -0.1) is 0 Å². The molecular formula is C8H17N4O+. The lowest BCUT2D eigenvalue weighted by Gasteiger charge is -2.60. The molecule has 5 nitrogen and oxygen atoms in total. The topological polar surface area (TPSA) is 30.0 Å². The Morgan fingerprint density at radius 2 is 1.38 bits per heavy atom. The van der Waals surface area contributed by atoms with Crippen LogP contribution in [0.15, 0.2) is 0 Å². The van der Waals surface area contributed by atoms with E-state index in [-0.39, 0.29) is 0 Å². The van der Waals surface area contributed by atoms with E-state index in [1.807, 2.05) is 0 Å². The quantitative estimate of drug-likeness (QED) is 0.530. The van der Waals surface area contributed by atoms with Gasteiger partial charge in [0, 0.05) is 0 Å². The van der Waals surface area contributed by atoms with Crippen LogP contribution in [0.5, 0.6) is 0 Å². The summed E-state index contributed by atoms with van der Waals surface area (Å²) in [4.78, 5) is 7.39. The fourth-order valence-corrected chi connectivity index (χ4v) is 3.08. The van der Waals surface area contributed by atoms with E-state index in [0.717, 1.165) is 51.0 Å². The van der Waals surface area contributed by atoms with Gasteiger partial charge in [-0.05, 0) is 0 Å². The van der Waals surface area contributed by atoms with E-state index in [0.29, 0.717) is 6.61 Å². The fourth-order valence-electron chi connectivity index (χ4n) is 3.08. The van der Waals surface area contributed by atoms with Gasteiger partial charge in [0.2, 0.25) is 0 Å². The number of aliphatic hydroxyl groups is 1. The minimum absolute atomic E-state index is 0.315. The Morgan fingerprint density at radius 1 is 0.923 bits per heavy atom. The molecule has 0 aromatic carbocycles. The summed E-state index contributed by atoms with van der Waals surface area (Å²) >= 11 is 0. The Morgan fingerprint density at radius 3 is 1.77 bits per heavy atom. The zero-order valence-electron chi connectivity index (χ0n) is 7.89. The van der Waals surface area contributed by atoms with E-state index in [1.54, 1.807) is 0 Å². The summed E-state index contributed by atoms with van der Waals surface area (Å²) < 4.78 is 1.05. The molecule has 74 valence electrons. The predicted octanol–water partition coefficient (Wildman–Crippen LogP) is -1.51. The van der Waals surface area contributed by atoms with Crippen LogP contribution in [0, 0.1) is 0 Å². The van der Waals surface area contributed by atoms with Crippen molar-refractivity contribution < 1.29 is 9.59 Å². The molecule has 4 heterocycles. The maximum atomic E-state index is 9.06. The molecule has 0 aliphatic carbocycles. The average molecular weight is 185 g/mol. The Bertz CT molecular complexity index is 185. The molecule has 4 aliphatic heterocycles. The molecule has 1 N–H and O–H groups in total. The summed E-state index contributed by atoms with van der Waals surface area (Å²) in [5, 5.41) is 9.06. The number of quaternary nitrogens is 1. The Balaban J connectivity index is 1.83. The normalized spacial score (nSPS) is 52.8. The maximum absolute atomic E-state index is 9.06. The van der Waals surface area contributed by atoms with E-state index in [4.69, 9.17) is 5.11 Å². The molecule has 0 aromatic rings. The van der Waals surface area contributed by atoms with Gasteiger partial charge < -0.3 is 5.11 Å². The second-order valence-corrected chi connectivity index (χ2v) is 4.65. The number of rotatable bonds is 2. The third-order valence-electron chi connectivity index (χ3n) is 3.27. The van der Waals surface area contributed by atoms with Crippen LogP contribution in [-0.4, -0.2) is 77.5 Å². The van der Waals surface area contributed by atoms with Gasteiger partial charge in [0.05, 0.1) is 26.6 Å². The van der Waals surface area contributed by atoms with Crippen molar-refractivity contribution in [2.24, 2.45) is 0 Å². The highest BCUT2D eigenvalue weighted by molar-refractivity contribution is 4.73. The molecule has 4 aliphatic rings. The monoisotopic (exact) mass is 185 g/mol. The molecule has 0 saturated carbocycles. The summed E-state index contributed by atoms with van der Waals surface area (Å²) in [5.41, 5.74) is 0. The van der Waals surface area contributed by atoms with Gasteiger partial charge in [-0.25, -0.2) is 14.7 Å². The van der Waals surface area contributed by atoms with Crippen LogP contribution < -0.4 is 0 Å². The molecule has 13 heavy (non-hydrogen) atoms. The number of aliphatic hydroxyl groups excluding tert-OH is 1. The number of hydrogen-bond donors (Lipinski definition) is 1. The summed E-state index contributed by atoms with van der Waals surface area (Å²) in [5.74, 6) is 0. The molecule has 0 radical (unpaired) electrons. The highest BCUT2D eigenvalue weighted by Gasteiger charge is 2.47. The van der Waals surface area contributed by atoms with Crippen LogP contribution in [0.1, 0.15) is 0 Å². The van der Waals surface area contributed by atoms with Crippen LogP contribution in [0.4, 0.5) is 0 Å². The first-order valence-electron chi connectivity index (χ1n) is 4.93. The van der Waals surface area contributed by atoms with Gasteiger partial charge in [-0.3, -0.25) is 4.48 Å². The van der Waals surface area contributed by atoms with Gasteiger partial charge in [-0.2, -0.15) is 0 Å². The molecule has 4 rings (SSSR count). The van der Waals surface area contributed by atoms with Crippen LogP contribution in [0.25, 0.3) is 0 Å². The highest BCUT2D eigenvalue weighted by atomic mass is 16.3. The highest BCUT2D eigenvalue weighted by Crippen LogP contribution is 2.27. The Labute approximate surface area is 78.3 Å². The fraction of sp³-hybridized carbons (Fsp3) is 1.00. The van der Waals surface area contributed by atoms with Gasteiger partial charge in [-0.1, -0.05) is 0 Å². The van der Waals surface area contributed by atoms with Crippen molar-refractivity contribution in [2.45, 2.75) is 0 Å². The molecule has 0 unspecified atom stereocenters. The average Bonchev–Trinajstić information content (AvgIpc) is 2.00. The first kappa shape index (κ1) is 8.14. The Kier molecular flexibility index (Phi) is 1.66. The van der Waals surface area contributed by atoms with Crippen molar-refractivity contribution in [1.29, 1.82) is 0 Å². The van der Waals surface area contributed by atoms with Crippen molar-refractivity contribution in [3.8, 4) is 0 Å². The number of hydrogen-bond acceptors (Lipinski definition) is 4. The number of nitrogens with zero attached hydrogens (tertiary/aromatic N) is 4. The SMILES string of the molecule is OCC[N+]12CN3CN(CN(C3)C1)C2. The third kappa shape index (κ3) is 1.19. The summed E-state index contributed by atoms with van der Waals surface area (Å²) in [7, 11) is 0. The van der Waals surface area contributed by atoms with Crippen molar-refractivity contribution in [1.82, 2.24) is 14.7 Å². The first-order chi connectivity index (χ1) is 6.30. The predicted molar refractivity (Wildman–Crippen MR) is 46.9 cm³/mol. The standard InChI is InChI=1S/C8H17N4O/c13-2-1-12-6-9-3-10(7-12)5-11(4-9)8-12/h13H,1-8H2/q+1. The van der Waals surface area contributed by atoms with Gasteiger partial charge in [0.15, 0.2) is 0 Å². The van der Waals surface area contributed by atoms with Gasteiger partial charge >= 0.3 is 0 Å². The largest absolute Gasteiger partial charge is 0.391 e. The van der Waals surface area contributed by atoms with Crippen LogP contribution in [-0.2, 0) is 0 Å². The van der Waals surface area contributed by atoms with E-state index < -0.39 is 0 Å². The zero-order chi connectivity index (χ0) is 8.89.